The summed E-state index contributed by atoms with van der Waals surface area (Å²) in [5.41, 5.74) is -1.19. The molecule has 19 unspecified atom stereocenters. The predicted octanol–water partition coefficient (Wildman–Crippen LogP) is 15.6. The summed E-state index contributed by atoms with van der Waals surface area (Å²) < 4.78 is 21.2. The van der Waals surface area contributed by atoms with Gasteiger partial charge in [0.15, 0.2) is 0 Å². The quantitative estimate of drug-likeness (QED) is 0.0910. The molecule has 1 saturated heterocycles. The van der Waals surface area contributed by atoms with Crippen molar-refractivity contribution in [3.63, 3.8) is 0 Å². The summed E-state index contributed by atoms with van der Waals surface area (Å²) in [6, 6.07) is 0. The Labute approximate surface area is 342 Å². The van der Waals surface area contributed by atoms with E-state index in [0.717, 1.165) is 11.1 Å². The number of hydrogen-bond donors (Lipinski definition) is 2. The first-order valence-corrected chi connectivity index (χ1v) is 55.3. The van der Waals surface area contributed by atoms with Crippen LogP contribution in [-0.2, 0) is 18.6 Å². The van der Waals surface area contributed by atoms with Gasteiger partial charge >= 0.3 is 5.97 Å². The highest BCUT2D eigenvalue weighted by atomic mass is 33.2. The van der Waals surface area contributed by atoms with Crippen LogP contribution in [0, 0.1) is 16.7 Å². The summed E-state index contributed by atoms with van der Waals surface area (Å²) in [5, 5.41) is 25.8. The highest BCUT2D eigenvalue weighted by Crippen LogP contribution is 3.18. The Balaban J connectivity index is 2.37. The fourth-order valence-corrected chi connectivity index (χ4v) is 169. The zero-order chi connectivity index (χ0) is 38.3. The van der Waals surface area contributed by atoms with Gasteiger partial charge in [-0.3, -0.25) is 4.79 Å². The van der Waals surface area contributed by atoms with Crippen LogP contribution in [0.1, 0.15) is 53.4 Å². The molecule has 1 heterocycles. The first-order chi connectivity index (χ1) is 23.0. The summed E-state index contributed by atoms with van der Waals surface area (Å²) >= 11 is 0. The molecule has 290 valence electrons. The summed E-state index contributed by atoms with van der Waals surface area (Å²) in [6.45, 7) is 8.61. The molecule has 0 aromatic heterocycles. The number of aliphatic hydroxyl groups excluding tert-OH is 1. The standard InChI is InChI=1S/C21H55O6P23/c1-6-7-8-14-20(5)9-13(27-41(43(29)30)49(40-28)45(33)34)15-11(2)12(26-42(48(39)44(31)32)50(46(35)36)47(37)38)10-21(24,19(15,3)4)17(22)16(20)18(23)25-14/h6,12-14,16-17,22,24,40H,1,7-10,28-39H2,2-5H3/t12-,13+,14?,16?,17-,20+,21+,41?,42?,48?,49?/m0/s1. The summed E-state index contributed by atoms with van der Waals surface area (Å²) in [4.78, 5) is 14.0. The third kappa shape index (κ3) is 11.9. The molecule has 24 atom stereocenters. The lowest BCUT2D eigenvalue weighted by Crippen LogP contribution is -2.66. The lowest BCUT2D eigenvalue weighted by Gasteiger charge is -2.59. The fourth-order valence-electron chi connectivity index (χ4n) is 7.13. The zero-order valence-corrected chi connectivity index (χ0v) is 52.2. The Morgan fingerprint density at radius 3 is 1.92 bits per heavy atom. The van der Waals surface area contributed by atoms with E-state index in [0.29, 0.717) is 27.2 Å². The van der Waals surface area contributed by atoms with Crippen molar-refractivity contribution < 1.29 is 28.8 Å². The first kappa shape index (κ1) is 53.0. The molecule has 3 aliphatic rings. The van der Waals surface area contributed by atoms with Crippen molar-refractivity contribution in [2.75, 3.05) is 0 Å². The van der Waals surface area contributed by atoms with E-state index >= 15 is 0 Å². The monoisotopic (exact) mass is 1120 g/mol. The average Bonchev–Trinajstić information content (AvgIpc) is 3.23. The average molecular weight is 1120 g/mol. The number of carbonyl (C=O) groups excluding carboxylic acids is 1. The van der Waals surface area contributed by atoms with Crippen LogP contribution in [0.15, 0.2) is 23.8 Å². The lowest BCUT2D eigenvalue weighted by molar-refractivity contribution is -0.198. The van der Waals surface area contributed by atoms with Crippen molar-refractivity contribution in [2.45, 2.75) is 83.4 Å². The number of esters is 1. The molecule has 1 saturated carbocycles. The normalized spacial score (nSPS) is 34.2. The van der Waals surface area contributed by atoms with Gasteiger partial charge in [0.25, 0.3) is 0 Å². The Bertz CT molecular complexity index is 1220. The Morgan fingerprint density at radius 2 is 1.46 bits per heavy atom. The number of aliphatic hydroxyl groups is 2. The van der Waals surface area contributed by atoms with E-state index in [4.69, 9.17) is 13.8 Å². The maximum Gasteiger partial charge on any atom is 0.312 e. The molecule has 2 fully saturated rings. The largest absolute Gasteiger partial charge is 0.461 e. The van der Waals surface area contributed by atoms with E-state index in [9.17, 15) is 15.0 Å². The minimum Gasteiger partial charge on any atom is -0.461 e. The molecule has 3 rings (SSSR count). The van der Waals surface area contributed by atoms with Crippen molar-refractivity contribution in [1.29, 1.82) is 0 Å². The molecule has 29 heteroatoms. The van der Waals surface area contributed by atoms with E-state index in [1.807, 2.05) is 19.9 Å². The van der Waals surface area contributed by atoms with Gasteiger partial charge in [-0.1, -0.05) is 43.7 Å². The van der Waals surface area contributed by atoms with Crippen molar-refractivity contribution in [3.8, 4) is 0 Å². The maximum atomic E-state index is 14.0. The van der Waals surface area contributed by atoms with Gasteiger partial charge in [-0.2, -0.15) is 0 Å². The van der Waals surface area contributed by atoms with Gasteiger partial charge in [-0.05, 0) is 72.3 Å². The van der Waals surface area contributed by atoms with Crippen LogP contribution in [0.5, 0.6) is 0 Å². The van der Waals surface area contributed by atoms with Crippen LogP contribution in [-0.4, -0.2) is 46.2 Å². The number of allylic oxidation sites excluding steroid dienone is 1. The van der Waals surface area contributed by atoms with Gasteiger partial charge in [0.2, 0.25) is 0 Å². The molecule has 50 heavy (non-hydrogen) atoms. The Hall–Kier alpha value is 8.68. The summed E-state index contributed by atoms with van der Waals surface area (Å²) in [7, 11) is 35.7. The van der Waals surface area contributed by atoms with E-state index in [-0.39, 0.29) is 19.5 Å². The van der Waals surface area contributed by atoms with Crippen molar-refractivity contribution in [2.24, 2.45) is 16.7 Å². The summed E-state index contributed by atoms with van der Waals surface area (Å²) in [5.74, 6) is -1.33. The van der Waals surface area contributed by atoms with E-state index in [1.165, 1.54) is 0 Å². The molecule has 6 nitrogen and oxygen atoms in total. The van der Waals surface area contributed by atoms with Gasteiger partial charge in [-0.15, -0.1) is 105 Å². The third-order valence-corrected chi connectivity index (χ3v) is 128. The van der Waals surface area contributed by atoms with Crippen LogP contribution < -0.4 is 0 Å². The molecule has 2 N–H and O–H groups in total. The predicted molar refractivity (Wildman–Crippen MR) is 291 cm³/mol. The molecule has 1 aliphatic heterocycles. The molecule has 0 aromatic rings. The second-order valence-corrected chi connectivity index (χ2v) is 96.2. The van der Waals surface area contributed by atoms with Gasteiger partial charge in [-0.25, -0.2) is 0 Å². The van der Waals surface area contributed by atoms with Crippen LogP contribution in [0.25, 0.3) is 0 Å². The van der Waals surface area contributed by atoms with E-state index in [1.54, 1.807) is 0 Å². The van der Waals surface area contributed by atoms with Crippen LogP contribution in [0.4, 0.5) is 0 Å². The molecular weight excluding hydrogens is 1060 g/mol. The van der Waals surface area contributed by atoms with Gasteiger partial charge in [0, 0.05) is 38.2 Å². The fraction of sp³-hybridized carbons (Fsp3) is 0.762. The number of fused-ring (bicyclic) bond motifs is 3. The molecule has 2 aliphatic carbocycles. The molecule has 0 amide bonds. The molecule has 0 spiro atoms. The Morgan fingerprint density at radius 1 is 0.900 bits per heavy atom. The van der Waals surface area contributed by atoms with Gasteiger partial charge in [0.1, 0.15) is 11.7 Å². The van der Waals surface area contributed by atoms with Crippen molar-refractivity contribution in [3.05, 3.63) is 23.8 Å². The number of carbonyl (C=O) groups is 1. The number of cyclic esters (lactones) is 1. The Kier molecular flexibility index (Phi) is 24.4. The minimum absolute atomic E-state index is 0.204. The highest BCUT2D eigenvalue weighted by Gasteiger charge is 2.69. The molecular formula is C21H55O6P23. The molecule has 0 radical (unpaired) electrons. The maximum absolute atomic E-state index is 14.0. The first-order valence-electron chi connectivity index (χ1n) is 15.0. The lowest BCUT2D eigenvalue weighted by atomic mass is 9.51. The second-order valence-electron chi connectivity index (χ2n) is 12.9. The van der Waals surface area contributed by atoms with Crippen LogP contribution >= 0.6 is 186 Å². The minimum atomic E-state index is -1.66. The van der Waals surface area contributed by atoms with E-state index < -0.39 is 111 Å². The van der Waals surface area contributed by atoms with Gasteiger partial charge < -0.3 is 24.0 Å². The molecule has 2 bridgehead atoms. The number of ether oxygens (including phenoxy) is 1. The van der Waals surface area contributed by atoms with E-state index in [2.05, 4.69) is 128 Å². The SMILES string of the molecule is C=CCCC1OC(=O)C2[C@H](O)[C@]3(O)C[C@H](OP(P(P)P(P)P)P(P(P)P)P(P)P)C(C)=C([C@H](OP(P(P)P)P(PP)P(P)P)C[C@]12C)C3(C)C. The van der Waals surface area contributed by atoms with Crippen molar-refractivity contribution >= 4 is 192 Å². The van der Waals surface area contributed by atoms with Crippen LogP contribution in [0.3, 0.4) is 0 Å². The topological polar surface area (TPSA) is 85.2 Å². The molecule has 0 aromatic carbocycles. The zero-order valence-electron chi connectivity index (χ0n) is 28.4. The highest BCUT2D eigenvalue weighted by molar-refractivity contribution is 9.19. The van der Waals surface area contributed by atoms with Gasteiger partial charge in [0.05, 0.1) is 39.3 Å². The second kappa shape index (κ2) is 23.0. The third-order valence-electron chi connectivity index (χ3n) is 9.62. The smallest absolute Gasteiger partial charge is 0.312 e. The number of hydrogen-bond acceptors (Lipinski definition) is 6. The summed E-state index contributed by atoms with van der Waals surface area (Å²) in [6.07, 6.45) is 1.31. The van der Waals surface area contributed by atoms with Crippen LogP contribution in [0.2, 0.25) is 0 Å². The van der Waals surface area contributed by atoms with Crippen molar-refractivity contribution in [1.82, 2.24) is 0 Å². The number of rotatable bonds is 16.